The Morgan fingerprint density at radius 2 is 1.80 bits per heavy atom. The van der Waals surface area contributed by atoms with E-state index in [1.807, 2.05) is 12.4 Å². The molecule has 2 heterocycles. The third-order valence-electron chi connectivity index (χ3n) is 3.99. The second kappa shape index (κ2) is 6.14. The van der Waals surface area contributed by atoms with Crippen LogP contribution < -0.4 is 5.32 Å². The first-order valence-electron chi connectivity index (χ1n) is 7.38. The minimum atomic E-state index is 0.581. The van der Waals surface area contributed by atoms with Crippen LogP contribution in [0.5, 0.6) is 0 Å². The molecular formula is C17H21N3. The smallest absolute Gasteiger partial charge is 0.0630 e. The number of piperidine rings is 1. The van der Waals surface area contributed by atoms with Gasteiger partial charge in [-0.1, -0.05) is 29.8 Å². The quantitative estimate of drug-likeness (QED) is 0.929. The largest absolute Gasteiger partial charge is 0.317 e. The van der Waals surface area contributed by atoms with Crippen molar-refractivity contribution in [3.05, 3.63) is 59.2 Å². The Balaban J connectivity index is 1.67. The first-order valence-corrected chi connectivity index (χ1v) is 7.38. The van der Waals surface area contributed by atoms with Crippen LogP contribution in [0.4, 0.5) is 0 Å². The molecule has 0 radical (unpaired) electrons. The molecule has 0 unspecified atom stereocenters. The summed E-state index contributed by atoms with van der Waals surface area (Å²) >= 11 is 0. The molecule has 1 aliphatic heterocycles. The molecule has 0 aliphatic carbocycles. The van der Waals surface area contributed by atoms with Crippen molar-refractivity contribution >= 4 is 0 Å². The van der Waals surface area contributed by atoms with Gasteiger partial charge in [0, 0.05) is 24.7 Å². The number of hydrogen-bond donors (Lipinski definition) is 1. The van der Waals surface area contributed by atoms with Crippen LogP contribution in [0.2, 0.25) is 0 Å². The number of aryl methyl sites for hydroxylation is 1. The molecule has 104 valence electrons. The number of hydrogen-bond acceptors (Lipinski definition) is 3. The van der Waals surface area contributed by atoms with Crippen LogP contribution >= 0.6 is 0 Å². The van der Waals surface area contributed by atoms with Crippen LogP contribution in [-0.4, -0.2) is 23.1 Å². The Hall–Kier alpha value is -1.74. The topological polar surface area (TPSA) is 37.8 Å². The van der Waals surface area contributed by atoms with E-state index in [1.54, 1.807) is 0 Å². The van der Waals surface area contributed by atoms with Crippen molar-refractivity contribution in [3.63, 3.8) is 0 Å². The van der Waals surface area contributed by atoms with E-state index in [1.165, 1.54) is 24.0 Å². The lowest BCUT2D eigenvalue weighted by Crippen LogP contribution is -2.27. The molecule has 1 N–H and O–H groups in total. The standard InChI is InChI=1S/C17H21N3/c1-13-2-4-14(5-3-13)10-16-11-20-17(12-19-16)15-6-8-18-9-7-15/h2-5,11-12,15,18H,6-10H2,1H3. The summed E-state index contributed by atoms with van der Waals surface area (Å²) in [6.07, 6.45) is 7.12. The Morgan fingerprint density at radius 3 is 2.45 bits per heavy atom. The minimum Gasteiger partial charge on any atom is -0.317 e. The van der Waals surface area contributed by atoms with E-state index >= 15 is 0 Å². The fraction of sp³-hybridized carbons (Fsp3) is 0.412. The van der Waals surface area contributed by atoms with Gasteiger partial charge in [-0.2, -0.15) is 0 Å². The van der Waals surface area contributed by atoms with E-state index in [9.17, 15) is 0 Å². The summed E-state index contributed by atoms with van der Waals surface area (Å²) in [5.41, 5.74) is 4.78. The molecule has 1 aliphatic rings. The monoisotopic (exact) mass is 267 g/mol. The van der Waals surface area contributed by atoms with Crippen LogP contribution in [-0.2, 0) is 6.42 Å². The second-order valence-electron chi connectivity index (χ2n) is 5.62. The average molecular weight is 267 g/mol. The highest BCUT2D eigenvalue weighted by Gasteiger charge is 2.16. The van der Waals surface area contributed by atoms with Crippen molar-refractivity contribution in [2.75, 3.05) is 13.1 Å². The normalized spacial score (nSPS) is 16.2. The van der Waals surface area contributed by atoms with E-state index in [4.69, 9.17) is 0 Å². The van der Waals surface area contributed by atoms with Crippen LogP contribution in [0, 0.1) is 6.92 Å². The second-order valence-corrected chi connectivity index (χ2v) is 5.62. The predicted octanol–water partition coefficient (Wildman–Crippen LogP) is 2.84. The van der Waals surface area contributed by atoms with Crippen molar-refractivity contribution in [2.24, 2.45) is 0 Å². The molecule has 3 rings (SSSR count). The molecule has 1 saturated heterocycles. The van der Waals surface area contributed by atoms with Gasteiger partial charge in [-0.25, -0.2) is 0 Å². The molecule has 1 aromatic heterocycles. The highest BCUT2D eigenvalue weighted by Crippen LogP contribution is 2.22. The third kappa shape index (κ3) is 3.23. The zero-order valence-electron chi connectivity index (χ0n) is 12.0. The molecule has 0 spiro atoms. The summed E-state index contributed by atoms with van der Waals surface area (Å²) in [6, 6.07) is 8.62. The lowest BCUT2D eigenvalue weighted by molar-refractivity contribution is 0.452. The molecule has 0 atom stereocenters. The predicted molar refractivity (Wildman–Crippen MR) is 80.9 cm³/mol. The molecule has 0 amide bonds. The van der Waals surface area contributed by atoms with Gasteiger partial charge in [0.05, 0.1) is 11.4 Å². The SMILES string of the molecule is Cc1ccc(Cc2cnc(C3CCNCC3)cn2)cc1. The van der Waals surface area contributed by atoms with Crippen molar-refractivity contribution in [1.82, 2.24) is 15.3 Å². The van der Waals surface area contributed by atoms with Gasteiger partial charge in [-0.3, -0.25) is 9.97 Å². The summed E-state index contributed by atoms with van der Waals surface area (Å²) in [5, 5.41) is 3.38. The number of aromatic nitrogens is 2. The highest BCUT2D eigenvalue weighted by molar-refractivity contribution is 5.25. The van der Waals surface area contributed by atoms with Crippen molar-refractivity contribution < 1.29 is 0 Å². The maximum absolute atomic E-state index is 4.63. The summed E-state index contributed by atoms with van der Waals surface area (Å²) < 4.78 is 0. The fourth-order valence-corrected chi connectivity index (χ4v) is 2.70. The van der Waals surface area contributed by atoms with Gasteiger partial charge in [-0.05, 0) is 38.4 Å². The third-order valence-corrected chi connectivity index (χ3v) is 3.99. The summed E-state index contributed by atoms with van der Waals surface area (Å²) in [5.74, 6) is 0.581. The number of rotatable bonds is 3. The molecule has 2 aromatic rings. The lowest BCUT2D eigenvalue weighted by Gasteiger charge is -2.21. The molecule has 20 heavy (non-hydrogen) atoms. The fourth-order valence-electron chi connectivity index (χ4n) is 2.70. The number of nitrogens with one attached hydrogen (secondary N) is 1. The number of nitrogens with zero attached hydrogens (tertiary/aromatic N) is 2. The Kier molecular flexibility index (Phi) is 4.07. The maximum atomic E-state index is 4.63. The van der Waals surface area contributed by atoms with Gasteiger partial charge in [0.15, 0.2) is 0 Å². The Morgan fingerprint density at radius 1 is 1.05 bits per heavy atom. The summed E-state index contributed by atoms with van der Waals surface area (Å²) in [7, 11) is 0. The zero-order valence-corrected chi connectivity index (χ0v) is 12.0. The molecular weight excluding hydrogens is 246 g/mol. The van der Waals surface area contributed by atoms with E-state index in [0.717, 1.165) is 30.9 Å². The molecule has 0 saturated carbocycles. The molecule has 3 nitrogen and oxygen atoms in total. The van der Waals surface area contributed by atoms with Gasteiger partial charge in [0.1, 0.15) is 0 Å². The average Bonchev–Trinajstić information content (AvgIpc) is 2.51. The first-order chi connectivity index (χ1) is 9.81. The minimum absolute atomic E-state index is 0.581. The van der Waals surface area contributed by atoms with Gasteiger partial charge in [0.25, 0.3) is 0 Å². The zero-order chi connectivity index (χ0) is 13.8. The number of benzene rings is 1. The van der Waals surface area contributed by atoms with E-state index < -0.39 is 0 Å². The van der Waals surface area contributed by atoms with Crippen molar-refractivity contribution in [2.45, 2.75) is 32.1 Å². The summed E-state index contributed by atoms with van der Waals surface area (Å²) in [4.78, 5) is 9.21. The van der Waals surface area contributed by atoms with E-state index in [0.29, 0.717) is 5.92 Å². The summed E-state index contributed by atoms with van der Waals surface area (Å²) in [6.45, 7) is 4.30. The van der Waals surface area contributed by atoms with Crippen LogP contribution in [0.25, 0.3) is 0 Å². The lowest BCUT2D eigenvalue weighted by atomic mass is 9.95. The van der Waals surface area contributed by atoms with Gasteiger partial charge >= 0.3 is 0 Å². The maximum Gasteiger partial charge on any atom is 0.0630 e. The highest BCUT2D eigenvalue weighted by atomic mass is 14.9. The van der Waals surface area contributed by atoms with Gasteiger partial charge < -0.3 is 5.32 Å². The first kappa shape index (κ1) is 13.3. The van der Waals surface area contributed by atoms with Crippen LogP contribution in [0.15, 0.2) is 36.7 Å². The molecule has 3 heteroatoms. The van der Waals surface area contributed by atoms with Gasteiger partial charge in [0.2, 0.25) is 0 Å². The van der Waals surface area contributed by atoms with Crippen molar-refractivity contribution in [3.8, 4) is 0 Å². The molecule has 1 aromatic carbocycles. The Bertz CT molecular complexity index is 539. The molecule has 0 bridgehead atoms. The van der Waals surface area contributed by atoms with Crippen LogP contribution in [0.3, 0.4) is 0 Å². The van der Waals surface area contributed by atoms with Gasteiger partial charge in [-0.15, -0.1) is 0 Å². The molecule has 1 fully saturated rings. The Labute approximate surface area is 120 Å². The van der Waals surface area contributed by atoms with Crippen molar-refractivity contribution in [1.29, 1.82) is 0 Å². The van der Waals surface area contributed by atoms with E-state index in [2.05, 4.69) is 46.5 Å². The van der Waals surface area contributed by atoms with Crippen LogP contribution in [0.1, 0.15) is 41.3 Å². The van der Waals surface area contributed by atoms with E-state index in [-0.39, 0.29) is 0 Å².